The minimum absolute atomic E-state index is 0.110. The number of imidazole rings is 1. The number of aryl methyl sites for hydroxylation is 1. The molecular formula is C67H63N3O. The van der Waals surface area contributed by atoms with Gasteiger partial charge in [-0.3, -0.25) is 9.55 Å². The maximum absolute atomic E-state index is 12.7. The van der Waals surface area contributed by atoms with Crippen LogP contribution in [0.3, 0.4) is 0 Å². The lowest BCUT2D eigenvalue weighted by atomic mass is 9.79. The smallest absolute Gasteiger partial charge is 0.149 e. The van der Waals surface area contributed by atoms with E-state index >= 15 is 0 Å². The van der Waals surface area contributed by atoms with Crippen molar-refractivity contribution in [2.24, 2.45) is 0 Å². The van der Waals surface area contributed by atoms with Gasteiger partial charge in [-0.15, -0.1) is 0 Å². The molecule has 0 fully saturated rings. The highest BCUT2D eigenvalue weighted by Crippen LogP contribution is 2.46. The van der Waals surface area contributed by atoms with Crippen molar-refractivity contribution in [1.82, 2.24) is 14.5 Å². The fourth-order valence-electron chi connectivity index (χ4n) is 9.69. The summed E-state index contributed by atoms with van der Waals surface area (Å²) in [6.45, 7) is 17.6. The molecule has 10 rings (SSSR count). The lowest BCUT2D eigenvalue weighted by molar-refractivity contribution is 0.446. The van der Waals surface area contributed by atoms with Crippen LogP contribution in [0, 0.1) is 6.85 Å². The van der Waals surface area contributed by atoms with Gasteiger partial charge >= 0.3 is 0 Å². The van der Waals surface area contributed by atoms with E-state index in [-0.39, 0.29) is 22.0 Å². The summed E-state index contributed by atoms with van der Waals surface area (Å²) in [5.41, 5.74) is 17.3. The molecule has 352 valence electrons. The van der Waals surface area contributed by atoms with E-state index in [4.69, 9.17) is 14.1 Å². The van der Waals surface area contributed by atoms with Crippen LogP contribution in [0.4, 0.5) is 0 Å². The van der Waals surface area contributed by atoms with Gasteiger partial charge in [0, 0.05) is 32.6 Å². The minimum atomic E-state index is -2.28. The molecule has 0 unspecified atom stereocenters. The Morgan fingerprint density at radius 2 is 1.04 bits per heavy atom. The molecule has 0 aliphatic rings. The first-order valence-corrected chi connectivity index (χ1v) is 24.6. The number of nitrogens with zero attached hydrogens (tertiary/aromatic N) is 3. The Kier molecular flexibility index (Phi) is 11.1. The van der Waals surface area contributed by atoms with Crippen molar-refractivity contribution in [3.8, 4) is 89.7 Å². The summed E-state index contributed by atoms with van der Waals surface area (Å²) in [4.78, 5) is 10.7. The zero-order chi connectivity index (χ0) is 52.3. The van der Waals surface area contributed by atoms with Crippen LogP contribution in [-0.2, 0) is 16.2 Å². The van der Waals surface area contributed by atoms with E-state index in [1.165, 1.54) is 5.56 Å². The van der Waals surface area contributed by atoms with E-state index in [0.717, 1.165) is 89.2 Å². The monoisotopic (exact) mass is 929 g/mol. The van der Waals surface area contributed by atoms with Gasteiger partial charge in [0.05, 0.1) is 28.0 Å². The predicted molar refractivity (Wildman–Crippen MR) is 299 cm³/mol. The SMILES string of the molecule is [2H]C([2H])([2H])c1ccc(-c2ccnc(-c3cc(-c4ccccc4)cc(-c4cccc5c4nc(-c4cc(C(C)(C)C)cc(C(C)(C)C)c4O)n5-c4ccc(C(C)(C)C)cc4-c4ccccc4)c3)c2)cc1-c1ccccc1. The van der Waals surface area contributed by atoms with Crippen molar-refractivity contribution in [2.75, 3.05) is 0 Å². The number of rotatable bonds is 8. The predicted octanol–water partition coefficient (Wildman–Crippen LogP) is 18.0. The highest BCUT2D eigenvalue weighted by molar-refractivity contribution is 5.98. The van der Waals surface area contributed by atoms with Crippen LogP contribution in [0.15, 0.2) is 194 Å². The molecule has 0 saturated carbocycles. The Morgan fingerprint density at radius 3 is 1.69 bits per heavy atom. The molecule has 8 aromatic carbocycles. The third-order valence-electron chi connectivity index (χ3n) is 13.7. The van der Waals surface area contributed by atoms with Gasteiger partial charge in [0.15, 0.2) is 0 Å². The zero-order valence-electron chi connectivity index (χ0n) is 45.3. The molecule has 4 nitrogen and oxygen atoms in total. The number of phenolic OH excluding ortho intramolecular Hbond substituents is 1. The third-order valence-corrected chi connectivity index (χ3v) is 13.7. The van der Waals surface area contributed by atoms with Crippen LogP contribution in [0.2, 0.25) is 0 Å². The Balaban J connectivity index is 1.23. The Hall–Kier alpha value is -7.82. The molecule has 1 N–H and O–H groups in total. The fourth-order valence-corrected chi connectivity index (χ4v) is 9.69. The molecule has 0 aliphatic heterocycles. The van der Waals surface area contributed by atoms with Gasteiger partial charge in [0.1, 0.15) is 11.6 Å². The average molecular weight is 929 g/mol. The van der Waals surface area contributed by atoms with Gasteiger partial charge in [-0.05, 0) is 145 Å². The summed E-state index contributed by atoms with van der Waals surface area (Å²) in [5, 5.41) is 12.7. The summed E-state index contributed by atoms with van der Waals surface area (Å²) in [6, 6.07) is 64.4. The van der Waals surface area contributed by atoms with E-state index < -0.39 is 6.85 Å². The van der Waals surface area contributed by atoms with E-state index in [1.807, 2.05) is 60.8 Å². The molecule has 2 heterocycles. The van der Waals surface area contributed by atoms with Gasteiger partial charge in [0.2, 0.25) is 0 Å². The van der Waals surface area contributed by atoms with Crippen molar-refractivity contribution in [3.63, 3.8) is 0 Å². The maximum Gasteiger partial charge on any atom is 0.149 e. The molecule has 0 spiro atoms. The second-order valence-electron chi connectivity index (χ2n) is 21.9. The van der Waals surface area contributed by atoms with Gasteiger partial charge in [-0.2, -0.15) is 0 Å². The Bertz CT molecular complexity index is 3700. The molecule has 10 aromatic rings. The van der Waals surface area contributed by atoms with E-state index in [9.17, 15) is 5.11 Å². The molecule has 0 aliphatic carbocycles. The van der Waals surface area contributed by atoms with E-state index in [1.54, 1.807) is 6.07 Å². The average Bonchev–Trinajstić information content (AvgIpc) is 3.77. The van der Waals surface area contributed by atoms with Crippen molar-refractivity contribution in [1.29, 1.82) is 0 Å². The number of pyridine rings is 1. The second kappa shape index (κ2) is 18.2. The van der Waals surface area contributed by atoms with Crippen molar-refractivity contribution in [2.45, 2.75) is 85.4 Å². The number of fused-ring (bicyclic) bond motifs is 1. The summed E-state index contributed by atoms with van der Waals surface area (Å²) in [5.74, 6) is 0.870. The van der Waals surface area contributed by atoms with Crippen LogP contribution in [-0.4, -0.2) is 19.6 Å². The zero-order valence-corrected chi connectivity index (χ0v) is 42.3. The molecule has 71 heavy (non-hydrogen) atoms. The number of hydrogen-bond acceptors (Lipinski definition) is 3. The van der Waals surface area contributed by atoms with Crippen LogP contribution in [0.1, 0.15) is 88.7 Å². The number of para-hydroxylation sites is 1. The van der Waals surface area contributed by atoms with Crippen LogP contribution in [0.25, 0.3) is 95.0 Å². The Labute approximate surface area is 424 Å². The summed E-state index contributed by atoms with van der Waals surface area (Å²) >= 11 is 0. The van der Waals surface area contributed by atoms with Gasteiger partial charge in [0.25, 0.3) is 0 Å². The molecule has 0 bridgehead atoms. The van der Waals surface area contributed by atoms with Crippen molar-refractivity contribution < 1.29 is 9.22 Å². The van der Waals surface area contributed by atoms with Crippen molar-refractivity contribution >= 4 is 11.0 Å². The van der Waals surface area contributed by atoms with Gasteiger partial charge < -0.3 is 5.11 Å². The fraction of sp³-hybridized carbons (Fsp3) is 0.194. The Morgan fingerprint density at radius 1 is 0.437 bits per heavy atom. The van der Waals surface area contributed by atoms with Crippen LogP contribution < -0.4 is 0 Å². The highest BCUT2D eigenvalue weighted by Gasteiger charge is 2.30. The standard InChI is InChI=1S/C67H63N3O/c1-43-29-30-47(38-55(43)45-23-16-12-17-24-45)48-33-34-68-59(39-48)51-36-49(44-21-14-11-15-22-44)35-50(37-51)54-27-20-28-61-62(54)69-64(57-41-53(66(5,6)7)42-58(63(57)71)67(8,9)10)70(61)60-32-31-52(65(2,3)4)40-56(60)46-25-18-13-19-26-46/h11-42,71H,1-10H3/i1D3. The second-order valence-corrected chi connectivity index (χ2v) is 21.9. The molecule has 0 radical (unpaired) electrons. The largest absolute Gasteiger partial charge is 0.507 e. The molecule has 0 atom stereocenters. The highest BCUT2D eigenvalue weighted by atomic mass is 16.3. The molecular weight excluding hydrogens is 863 g/mol. The first-order chi connectivity index (χ1) is 35.1. The first-order valence-electron chi connectivity index (χ1n) is 26.1. The van der Waals surface area contributed by atoms with E-state index in [0.29, 0.717) is 22.5 Å². The quantitative estimate of drug-likeness (QED) is 0.165. The minimum Gasteiger partial charge on any atom is -0.507 e. The van der Waals surface area contributed by atoms with Crippen molar-refractivity contribution in [3.05, 3.63) is 217 Å². The van der Waals surface area contributed by atoms with E-state index in [2.05, 4.69) is 194 Å². The number of hydrogen-bond donors (Lipinski definition) is 1. The van der Waals surface area contributed by atoms with Crippen LogP contribution >= 0.6 is 0 Å². The number of phenols is 1. The number of aromatic nitrogens is 3. The van der Waals surface area contributed by atoms with Gasteiger partial charge in [-0.1, -0.05) is 190 Å². The topological polar surface area (TPSA) is 50.9 Å². The molecule has 2 aromatic heterocycles. The van der Waals surface area contributed by atoms with Gasteiger partial charge in [-0.25, -0.2) is 4.98 Å². The maximum atomic E-state index is 12.7. The summed E-state index contributed by atoms with van der Waals surface area (Å²) in [7, 11) is 0. The lowest BCUT2D eigenvalue weighted by Crippen LogP contribution is -2.17. The number of benzene rings is 8. The molecule has 0 saturated heterocycles. The first kappa shape index (κ1) is 43.2. The molecule has 4 heteroatoms. The molecule has 0 amide bonds. The summed E-state index contributed by atoms with van der Waals surface area (Å²) < 4.78 is 27.4. The summed E-state index contributed by atoms with van der Waals surface area (Å²) in [6.07, 6.45) is 1.83. The normalized spacial score (nSPS) is 12.9. The number of aromatic hydroxyl groups is 1. The third kappa shape index (κ3) is 9.23. The lowest BCUT2D eigenvalue weighted by Gasteiger charge is -2.28. The van der Waals surface area contributed by atoms with Crippen LogP contribution in [0.5, 0.6) is 5.75 Å².